The van der Waals surface area contributed by atoms with Crippen molar-refractivity contribution in [2.45, 2.75) is 37.6 Å². The van der Waals surface area contributed by atoms with Crippen molar-refractivity contribution in [3.8, 4) is 5.75 Å². The topological polar surface area (TPSA) is 119 Å². The van der Waals surface area contributed by atoms with Crippen molar-refractivity contribution in [1.82, 2.24) is 21.1 Å². The second-order valence-corrected chi connectivity index (χ2v) is 7.73. The largest absolute Gasteiger partial charge is 0.493 e. The van der Waals surface area contributed by atoms with Crippen LogP contribution in [0.3, 0.4) is 0 Å². The predicted octanol–water partition coefficient (Wildman–Crippen LogP) is 2.04. The van der Waals surface area contributed by atoms with Crippen molar-refractivity contribution < 1.29 is 37.1 Å². The van der Waals surface area contributed by atoms with Crippen molar-refractivity contribution in [3.63, 3.8) is 0 Å². The number of rotatable bonds is 7. The number of carbonyl (C=O) groups excluding carboxylic acids is 3. The van der Waals surface area contributed by atoms with Crippen LogP contribution in [0, 0.1) is 0 Å². The van der Waals surface area contributed by atoms with Crippen LogP contribution in [0.5, 0.6) is 5.75 Å². The molecule has 182 valence electrons. The summed E-state index contributed by atoms with van der Waals surface area (Å²) >= 11 is 0. The molecule has 9 nitrogen and oxygen atoms in total. The molecule has 2 heterocycles. The maximum absolute atomic E-state index is 12.8. The number of hydrogen-bond acceptors (Lipinski definition) is 7. The molecule has 1 aliphatic heterocycles. The Bertz CT molecular complexity index is 994. The van der Waals surface area contributed by atoms with Gasteiger partial charge in [0.15, 0.2) is 0 Å². The first kappa shape index (κ1) is 25.0. The normalized spacial score (nSPS) is 15.1. The van der Waals surface area contributed by atoms with Crippen LogP contribution in [0.15, 0.2) is 48.7 Å². The molecule has 1 aromatic carbocycles. The van der Waals surface area contributed by atoms with Crippen molar-refractivity contribution in [2.24, 2.45) is 0 Å². The number of hydrogen-bond donors (Lipinski definition) is 3. The van der Waals surface area contributed by atoms with Crippen LogP contribution < -0.4 is 20.9 Å². The number of halogens is 3. The molecule has 0 unspecified atom stereocenters. The summed E-state index contributed by atoms with van der Waals surface area (Å²) in [6.45, 7) is 1.27. The summed E-state index contributed by atoms with van der Waals surface area (Å²) in [5.74, 6) is -3.61. The summed E-state index contributed by atoms with van der Waals surface area (Å²) in [4.78, 5) is 43.6. The third kappa shape index (κ3) is 7.17. The average molecular weight is 480 g/mol. The minimum absolute atomic E-state index is 0.0777. The first-order valence-corrected chi connectivity index (χ1v) is 10.4. The summed E-state index contributed by atoms with van der Waals surface area (Å²) in [6, 6.07) is 12.6. The fraction of sp³-hybridized carbons (Fsp3) is 0.364. The van der Waals surface area contributed by atoms with Gasteiger partial charge < -0.3 is 20.2 Å². The average Bonchev–Trinajstić information content (AvgIpc) is 2.82. The highest BCUT2D eigenvalue weighted by Crippen LogP contribution is 2.24. The highest BCUT2D eigenvalue weighted by Gasteiger charge is 2.42. The number of ether oxygens (including phenoxy) is 1. The lowest BCUT2D eigenvalue weighted by Crippen LogP contribution is -2.56. The number of carbonyl (C=O) groups is 3. The highest BCUT2D eigenvalue weighted by molar-refractivity contribution is 5.93. The Labute approximate surface area is 193 Å². The number of benzene rings is 1. The van der Waals surface area contributed by atoms with E-state index in [1.807, 2.05) is 30.3 Å². The van der Waals surface area contributed by atoms with Crippen LogP contribution >= 0.6 is 0 Å². The van der Waals surface area contributed by atoms with Crippen LogP contribution in [-0.4, -0.2) is 47.6 Å². The summed E-state index contributed by atoms with van der Waals surface area (Å²) in [7, 11) is 0. The van der Waals surface area contributed by atoms with Gasteiger partial charge in [0.05, 0.1) is 18.2 Å². The molecular weight excluding hydrogens is 457 g/mol. The summed E-state index contributed by atoms with van der Waals surface area (Å²) in [5, 5.41) is 5.85. The number of nitrogens with one attached hydrogen (secondary N) is 3. The lowest BCUT2D eigenvalue weighted by Gasteiger charge is -2.37. The summed E-state index contributed by atoms with van der Waals surface area (Å²) in [6.07, 6.45) is -3.56. The van der Waals surface area contributed by atoms with Crippen molar-refractivity contribution in [2.75, 3.05) is 13.1 Å². The quantitative estimate of drug-likeness (QED) is 0.519. The van der Waals surface area contributed by atoms with E-state index in [1.165, 1.54) is 17.7 Å². The number of aromatic nitrogens is 1. The molecule has 0 spiro atoms. The Morgan fingerprint density at radius 1 is 1.06 bits per heavy atom. The molecule has 12 heteroatoms. The number of piperidine rings is 1. The van der Waals surface area contributed by atoms with Gasteiger partial charge >= 0.3 is 12.1 Å². The standard InChI is InChI=1S/C22H23F3N4O5/c23-22(24,25)20(32)34-29-18(30)12-21(8-10-26-11-9-21)28-19(31)17-7-6-16(13-27-17)33-14-15-4-2-1-3-5-15/h1-7,13,26H,8-12,14H2,(H,28,31)(H,29,30). The number of alkyl halides is 3. The molecule has 1 saturated heterocycles. The molecule has 2 amide bonds. The van der Waals surface area contributed by atoms with Gasteiger partial charge in [-0.1, -0.05) is 30.3 Å². The molecule has 0 atom stereocenters. The van der Waals surface area contributed by atoms with Crippen molar-refractivity contribution in [3.05, 3.63) is 59.9 Å². The number of pyridine rings is 1. The van der Waals surface area contributed by atoms with E-state index in [2.05, 4.69) is 20.5 Å². The Morgan fingerprint density at radius 3 is 2.38 bits per heavy atom. The van der Waals surface area contributed by atoms with E-state index in [-0.39, 0.29) is 12.1 Å². The molecule has 1 aliphatic rings. The summed E-state index contributed by atoms with van der Waals surface area (Å²) in [5.41, 5.74) is 1.49. The van der Waals surface area contributed by atoms with Crippen LogP contribution in [0.25, 0.3) is 0 Å². The minimum atomic E-state index is -5.24. The minimum Gasteiger partial charge on any atom is -0.487 e. The maximum Gasteiger partial charge on any atom is 0.493 e. The van der Waals surface area contributed by atoms with E-state index in [0.29, 0.717) is 38.3 Å². The first-order valence-electron chi connectivity index (χ1n) is 10.4. The van der Waals surface area contributed by atoms with Crippen molar-refractivity contribution in [1.29, 1.82) is 0 Å². The van der Waals surface area contributed by atoms with Gasteiger partial charge in [0.1, 0.15) is 18.1 Å². The van der Waals surface area contributed by atoms with Crippen LogP contribution in [0.4, 0.5) is 13.2 Å². The van der Waals surface area contributed by atoms with Crippen LogP contribution in [0.2, 0.25) is 0 Å². The summed E-state index contributed by atoms with van der Waals surface area (Å²) < 4.78 is 42.4. The van der Waals surface area contributed by atoms with E-state index in [1.54, 1.807) is 6.07 Å². The molecule has 1 fully saturated rings. The molecule has 2 aromatic rings. The van der Waals surface area contributed by atoms with E-state index in [4.69, 9.17) is 4.74 Å². The van der Waals surface area contributed by atoms with Gasteiger partial charge in [0, 0.05) is 0 Å². The number of nitrogens with zero attached hydrogens (tertiary/aromatic N) is 1. The number of hydroxylamine groups is 1. The third-order valence-corrected chi connectivity index (χ3v) is 5.14. The molecule has 0 radical (unpaired) electrons. The lowest BCUT2D eigenvalue weighted by atomic mass is 9.84. The Balaban J connectivity index is 1.59. The zero-order valence-electron chi connectivity index (χ0n) is 18.0. The highest BCUT2D eigenvalue weighted by atomic mass is 19.4. The van der Waals surface area contributed by atoms with Gasteiger partial charge in [0.2, 0.25) is 0 Å². The molecule has 0 saturated carbocycles. The number of amides is 2. The first-order chi connectivity index (χ1) is 16.2. The Hall–Kier alpha value is -3.67. The van der Waals surface area contributed by atoms with Gasteiger partial charge in [0.25, 0.3) is 11.8 Å². The SMILES string of the molecule is O=C(CC1(NC(=O)c2ccc(OCc3ccccc3)cn2)CCNCC1)NOC(=O)C(F)(F)F. The molecule has 0 aliphatic carbocycles. The van der Waals surface area contributed by atoms with E-state index >= 15 is 0 Å². The smallest absolute Gasteiger partial charge is 0.487 e. The van der Waals surface area contributed by atoms with Gasteiger partial charge in [-0.05, 0) is 43.6 Å². The van der Waals surface area contributed by atoms with E-state index in [0.717, 1.165) is 5.56 Å². The monoisotopic (exact) mass is 480 g/mol. The van der Waals surface area contributed by atoms with E-state index in [9.17, 15) is 27.6 Å². The fourth-order valence-corrected chi connectivity index (χ4v) is 3.40. The molecular formula is C22H23F3N4O5. The van der Waals surface area contributed by atoms with Crippen LogP contribution in [0.1, 0.15) is 35.3 Å². The second kappa shape index (κ2) is 11.0. The van der Waals surface area contributed by atoms with Crippen molar-refractivity contribution >= 4 is 17.8 Å². The zero-order chi connectivity index (χ0) is 24.6. The molecule has 34 heavy (non-hydrogen) atoms. The predicted molar refractivity (Wildman–Crippen MR) is 112 cm³/mol. The van der Waals surface area contributed by atoms with E-state index < -0.39 is 29.5 Å². The van der Waals surface area contributed by atoms with Gasteiger partial charge in [-0.25, -0.2) is 9.78 Å². The van der Waals surface area contributed by atoms with Gasteiger partial charge in [-0.3, -0.25) is 9.59 Å². The lowest BCUT2D eigenvalue weighted by molar-refractivity contribution is -0.207. The van der Waals surface area contributed by atoms with Gasteiger partial charge in [-0.2, -0.15) is 18.7 Å². The molecule has 1 aromatic heterocycles. The van der Waals surface area contributed by atoms with Gasteiger partial charge in [-0.15, -0.1) is 0 Å². The Morgan fingerprint density at radius 2 is 1.76 bits per heavy atom. The maximum atomic E-state index is 12.8. The molecule has 3 rings (SSSR count). The third-order valence-electron chi connectivity index (χ3n) is 5.14. The zero-order valence-corrected chi connectivity index (χ0v) is 18.0. The molecule has 0 bridgehead atoms. The van der Waals surface area contributed by atoms with Crippen LogP contribution in [-0.2, 0) is 21.0 Å². The fourth-order valence-electron chi connectivity index (χ4n) is 3.40. The second-order valence-electron chi connectivity index (χ2n) is 7.73. The Kier molecular flexibility index (Phi) is 8.05. The molecule has 3 N–H and O–H groups in total.